The molecule has 0 aliphatic carbocycles. The van der Waals surface area contributed by atoms with E-state index in [-0.39, 0.29) is 34.7 Å². The molecule has 0 radical (unpaired) electrons. The van der Waals surface area contributed by atoms with Crippen LogP contribution in [0.5, 0.6) is 11.5 Å². The lowest BCUT2D eigenvalue weighted by molar-refractivity contribution is -0.118. The third-order valence-electron chi connectivity index (χ3n) is 5.22. The van der Waals surface area contributed by atoms with E-state index in [9.17, 15) is 24.6 Å². The van der Waals surface area contributed by atoms with Gasteiger partial charge in [0.25, 0.3) is 5.91 Å². The van der Waals surface area contributed by atoms with E-state index in [0.29, 0.717) is 17.9 Å². The van der Waals surface area contributed by atoms with Crippen LogP contribution in [-0.4, -0.2) is 44.8 Å². The molecule has 172 valence electrons. The molecule has 1 aromatic heterocycles. The highest BCUT2D eigenvalue weighted by atomic mass is 16.5. The molecule has 1 amide bonds. The van der Waals surface area contributed by atoms with E-state index in [4.69, 9.17) is 4.74 Å². The quantitative estimate of drug-likeness (QED) is 0.335. The Morgan fingerprint density at radius 3 is 2.30 bits per heavy atom. The molecule has 0 bridgehead atoms. The number of carboxylic acid groups (broad SMARTS) is 1. The number of aromatic nitrogens is 2. The molecule has 9 nitrogen and oxygen atoms in total. The largest absolute Gasteiger partial charge is 0.508 e. The standard InChI is InChI=1S/C24H25N3O6/c1-4-16-20(24(31)32)18(5-2)27(26-16)21(22(29)14-10-12-15(28)13-11-14)23(30)25-17-8-6-7-9-19(17)33-3/h6-13,21,28H,4-5H2,1-3H3,(H,25,30)(H,31,32). The first-order valence-corrected chi connectivity index (χ1v) is 10.4. The van der Waals surface area contributed by atoms with Crippen molar-refractivity contribution in [3.63, 3.8) is 0 Å². The molecular weight excluding hydrogens is 426 g/mol. The van der Waals surface area contributed by atoms with Crippen molar-refractivity contribution in [2.24, 2.45) is 0 Å². The number of carbonyl (C=O) groups excluding carboxylic acids is 2. The lowest BCUT2D eigenvalue weighted by atomic mass is 10.0. The fraction of sp³-hybridized carbons (Fsp3) is 0.250. The lowest BCUT2D eigenvalue weighted by Crippen LogP contribution is -2.34. The van der Waals surface area contributed by atoms with Crippen LogP contribution in [0, 0.1) is 0 Å². The number of phenols is 1. The Balaban J connectivity index is 2.15. The number of carboxylic acids is 1. The number of hydrogen-bond acceptors (Lipinski definition) is 6. The van der Waals surface area contributed by atoms with E-state index in [1.165, 1.54) is 36.1 Å². The predicted octanol–water partition coefficient (Wildman–Crippen LogP) is 3.48. The summed E-state index contributed by atoms with van der Waals surface area (Å²) in [5, 5.41) is 26.4. The highest BCUT2D eigenvalue weighted by Crippen LogP contribution is 2.28. The van der Waals surface area contributed by atoms with Gasteiger partial charge in [0, 0.05) is 5.56 Å². The van der Waals surface area contributed by atoms with Crippen molar-refractivity contribution in [1.82, 2.24) is 9.78 Å². The summed E-state index contributed by atoms with van der Waals surface area (Å²) in [4.78, 5) is 38.9. The zero-order valence-electron chi connectivity index (χ0n) is 18.5. The number of hydrogen-bond donors (Lipinski definition) is 3. The van der Waals surface area contributed by atoms with Crippen LogP contribution in [0.4, 0.5) is 5.69 Å². The molecule has 1 atom stereocenters. The molecule has 0 saturated heterocycles. The van der Waals surface area contributed by atoms with Crippen LogP contribution in [0.2, 0.25) is 0 Å². The van der Waals surface area contributed by atoms with Gasteiger partial charge in [-0.25, -0.2) is 9.48 Å². The number of carbonyl (C=O) groups is 3. The fourth-order valence-electron chi connectivity index (χ4n) is 3.64. The number of para-hydroxylation sites is 2. The van der Waals surface area contributed by atoms with Gasteiger partial charge in [0.05, 0.1) is 24.2 Å². The smallest absolute Gasteiger partial charge is 0.339 e. The highest BCUT2D eigenvalue weighted by molar-refractivity contribution is 6.15. The molecule has 0 aliphatic rings. The van der Waals surface area contributed by atoms with Crippen LogP contribution in [-0.2, 0) is 17.6 Å². The first kappa shape index (κ1) is 23.5. The minimum Gasteiger partial charge on any atom is -0.508 e. The van der Waals surface area contributed by atoms with Gasteiger partial charge in [-0.15, -0.1) is 0 Å². The fourth-order valence-corrected chi connectivity index (χ4v) is 3.64. The van der Waals surface area contributed by atoms with Gasteiger partial charge < -0.3 is 20.3 Å². The molecule has 0 saturated carbocycles. The number of amides is 1. The molecule has 3 rings (SSSR count). The molecule has 3 aromatic rings. The van der Waals surface area contributed by atoms with Gasteiger partial charge in [0.15, 0.2) is 11.8 Å². The number of Topliss-reactive ketones (excluding diaryl/α,β-unsaturated/α-hetero) is 1. The Morgan fingerprint density at radius 1 is 1.06 bits per heavy atom. The van der Waals surface area contributed by atoms with Crippen LogP contribution in [0.1, 0.15) is 52.0 Å². The molecule has 1 unspecified atom stereocenters. The topological polar surface area (TPSA) is 131 Å². The van der Waals surface area contributed by atoms with E-state index in [2.05, 4.69) is 10.4 Å². The summed E-state index contributed by atoms with van der Waals surface area (Å²) in [6, 6.07) is 10.7. The Bertz CT molecular complexity index is 1180. The van der Waals surface area contributed by atoms with Crippen LogP contribution in [0.25, 0.3) is 0 Å². The summed E-state index contributed by atoms with van der Waals surface area (Å²) in [5.74, 6) is -2.10. The monoisotopic (exact) mass is 451 g/mol. The van der Waals surface area contributed by atoms with Crippen LogP contribution >= 0.6 is 0 Å². The first-order chi connectivity index (χ1) is 15.8. The van der Waals surface area contributed by atoms with E-state index >= 15 is 0 Å². The van der Waals surface area contributed by atoms with E-state index in [0.717, 1.165) is 0 Å². The van der Waals surface area contributed by atoms with Gasteiger partial charge >= 0.3 is 5.97 Å². The second-order valence-electron chi connectivity index (χ2n) is 7.23. The third-order valence-corrected chi connectivity index (χ3v) is 5.22. The Hall–Kier alpha value is -4.14. The summed E-state index contributed by atoms with van der Waals surface area (Å²) in [6.07, 6.45) is 0.561. The van der Waals surface area contributed by atoms with Crippen LogP contribution < -0.4 is 10.1 Å². The number of aromatic carboxylic acids is 1. The number of rotatable bonds is 9. The summed E-state index contributed by atoms with van der Waals surface area (Å²) in [5.41, 5.74) is 1.07. The molecular formula is C24H25N3O6. The van der Waals surface area contributed by atoms with Crippen molar-refractivity contribution in [2.45, 2.75) is 32.7 Å². The van der Waals surface area contributed by atoms with Gasteiger partial charge in [-0.05, 0) is 49.2 Å². The zero-order valence-corrected chi connectivity index (χ0v) is 18.5. The number of benzene rings is 2. The van der Waals surface area contributed by atoms with Crippen molar-refractivity contribution in [3.8, 4) is 11.5 Å². The normalized spacial score (nSPS) is 11.6. The van der Waals surface area contributed by atoms with Gasteiger partial charge in [0.2, 0.25) is 0 Å². The number of nitrogens with one attached hydrogen (secondary N) is 1. The third kappa shape index (κ3) is 4.72. The van der Waals surface area contributed by atoms with Crippen LogP contribution in [0.15, 0.2) is 48.5 Å². The average molecular weight is 451 g/mol. The number of phenolic OH excluding ortho intramolecular Hbond substituents is 1. The van der Waals surface area contributed by atoms with Gasteiger partial charge in [-0.3, -0.25) is 9.59 Å². The number of ether oxygens (including phenoxy) is 1. The minimum atomic E-state index is -1.48. The van der Waals surface area contributed by atoms with Gasteiger partial charge in [-0.1, -0.05) is 26.0 Å². The molecule has 9 heteroatoms. The summed E-state index contributed by atoms with van der Waals surface area (Å²) >= 11 is 0. The maximum absolute atomic E-state index is 13.5. The number of nitrogens with zero attached hydrogens (tertiary/aromatic N) is 2. The Kier molecular flexibility index (Phi) is 7.12. The summed E-state index contributed by atoms with van der Waals surface area (Å²) < 4.78 is 6.48. The van der Waals surface area contributed by atoms with Gasteiger partial charge in [0.1, 0.15) is 17.1 Å². The second kappa shape index (κ2) is 9.99. The number of methoxy groups -OCH3 is 1. The van der Waals surface area contributed by atoms with E-state index in [1.54, 1.807) is 38.1 Å². The summed E-state index contributed by atoms with van der Waals surface area (Å²) in [6.45, 7) is 3.49. The van der Waals surface area contributed by atoms with Crippen molar-refractivity contribution in [3.05, 3.63) is 71.0 Å². The Labute approximate surface area is 190 Å². The predicted molar refractivity (Wildman–Crippen MR) is 121 cm³/mol. The minimum absolute atomic E-state index is 0.00593. The molecule has 0 aliphatic heterocycles. The number of aryl methyl sites for hydroxylation is 1. The maximum Gasteiger partial charge on any atom is 0.339 e. The van der Waals surface area contributed by atoms with Crippen molar-refractivity contribution < 1.29 is 29.3 Å². The van der Waals surface area contributed by atoms with E-state index in [1.807, 2.05) is 0 Å². The van der Waals surface area contributed by atoms with Crippen LogP contribution in [0.3, 0.4) is 0 Å². The molecule has 2 aromatic carbocycles. The highest BCUT2D eigenvalue weighted by Gasteiger charge is 2.35. The summed E-state index contributed by atoms with van der Waals surface area (Å²) in [7, 11) is 1.46. The lowest BCUT2D eigenvalue weighted by Gasteiger charge is -2.20. The average Bonchev–Trinajstić information content (AvgIpc) is 3.18. The number of ketones is 1. The molecule has 3 N–H and O–H groups in total. The van der Waals surface area contributed by atoms with Gasteiger partial charge in [-0.2, -0.15) is 5.10 Å². The second-order valence-corrected chi connectivity index (χ2v) is 7.23. The van der Waals surface area contributed by atoms with Crippen molar-refractivity contribution in [2.75, 3.05) is 12.4 Å². The molecule has 0 spiro atoms. The molecule has 0 fully saturated rings. The van der Waals surface area contributed by atoms with Crippen molar-refractivity contribution >= 4 is 23.3 Å². The van der Waals surface area contributed by atoms with E-state index < -0.39 is 23.7 Å². The SMILES string of the molecule is CCc1nn(C(C(=O)Nc2ccccc2OC)C(=O)c2ccc(O)cc2)c(CC)c1C(=O)O. The molecule has 1 heterocycles. The number of aromatic hydroxyl groups is 1. The number of anilines is 1. The molecule has 33 heavy (non-hydrogen) atoms. The first-order valence-electron chi connectivity index (χ1n) is 10.4. The van der Waals surface area contributed by atoms with Crippen molar-refractivity contribution in [1.29, 1.82) is 0 Å². The Morgan fingerprint density at radius 2 is 1.73 bits per heavy atom. The maximum atomic E-state index is 13.5. The zero-order chi connectivity index (χ0) is 24.1.